The molecule has 0 bridgehead atoms. The summed E-state index contributed by atoms with van der Waals surface area (Å²) >= 11 is 0. The van der Waals surface area contributed by atoms with E-state index in [1.54, 1.807) is 6.20 Å². The van der Waals surface area contributed by atoms with Gasteiger partial charge in [0.1, 0.15) is 5.82 Å². The average molecular weight is 187 g/mol. The van der Waals surface area contributed by atoms with Crippen LogP contribution < -0.4 is 5.73 Å². The maximum atomic E-state index is 5.99. The first-order chi connectivity index (χ1) is 6.70. The molecule has 0 atom stereocenters. The zero-order valence-corrected chi connectivity index (χ0v) is 8.36. The number of imidazole rings is 1. The molecule has 1 aromatic heterocycles. The van der Waals surface area contributed by atoms with Crippen molar-refractivity contribution in [2.45, 2.75) is 13.8 Å². The molecule has 0 amide bonds. The minimum Gasteiger partial charge on any atom is -0.397 e. The lowest BCUT2D eigenvalue weighted by atomic mass is 10.1. The number of nitrogens with two attached hydrogens (primary N) is 1. The molecule has 3 nitrogen and oxygen atoms in total. The van der Waals surface area contributed by atoms with Crippen molar-refractivity contribution in [2.24, 2.45) is 0 Å². The van der Waals surface area contributed by atoms with Crippen molar-refractivity contribution < 1.29 is 0 Å². The Morgan fingerprint density at radius 3 is 2.71 bits per heavy atom. The lowest BCUT2D eigenvalue weighted by Crippen LogP contribution is -2.02. The van der Waals surface area contributed by atoms with Crippen molar-refractivity contribution in [1.82, 2.24) is 9.55 Å². The summed E-state index contributed by atoms with van der Waals surface area (Å²) in [5.41, 5.74) is 8.90. The topological polar surface area (TPSA) is 43.8 Å². The fraction of sp³-hybridized carbons (Fsp3) is 0.182. The molecule has 0 unspecified atom stereocenters. The normalized spacial score (nSPS) is 10.4. The highest BCUT2D eigenvalue weighted by atomic mass is 15.1. The quantitative estimate of drug-likeness (QED) is 0.694. The molecule has 14 heavy (non-hydrogen) atoms. The standard InChI is InChI=1S/C11H13N3/c1-8-4-3-5-10(11(8)12)14-7-6-13-9(14)2/h3-7H,12H2,1-2H3. The third kappa shape index (κ3) is 1.27. The number of aromatic nitrogens is 2. The maximum absolute atomic E-state index is 5.99. The fourth-order valence-electron chi connectivity index (χ4n) is 1.51. The molecule has 0 aliphatic rings. The molecule has 3 heteroatoms. The Bertz CT molecular complexity index is 457. The Kier molecular flexibility index (Phi) is 2.00. The van der Waals surface area contributed by atoms with Crippen LogP contribution in [0, 0.1) is 13.8 Å². The Morgan fingerprint density at radius 1 is 1.29 bits per heavy atom. The van der Waals surface area contributed by atoms with Gasteiger partial charge in [0, 0.05) is 12.4 Å². The molecular formula is C11H13N3. The van der Waals surface area contributed by atoms with Crippen molar-refractivity contribution in [2.75, 3.05) is 5.73 Å². The summed E-state index contributed by atoms with van der Waals surface area (Å²) in [5.74, 6) is 0.947. The van der Waals surface area contributed by atoms with Crippen molar-refractivity contribution in [3.8, 4) is 5.69 Å². The summed E-state index contributed by atoms with van der Waals surface area (Å²) in [4.78, 5) is 4.17. The zero-order chi connectivity index (χ0) is 10.1. The number of nitrogen functional groups attached to an aromatic ring is 1. The lowest BCUT2D eigenvalue weighted by Gasteiger charge is -2.10. The predicted octanol–water partition coefficient (Wildman–Crippen LogP) is 2.07. The van der Waals surface area contributed by atoms with Gasteiger partial charge in [0.05, 0.1) is 11.4 Å². The molecular weight excluding hydrogens is 174 g/mol. The highest BCUT2D eigenvalue weighted by Gasteiger charge is 2.05. The first kappa shape index (κ1) is 8.81. The van der Waals surface area contributed by atoms with Gasteiger partial charge < -0.3 is 10.3 Å². The summed E-state index contributed by atoms with van der Waals surface area (Å²) < 4.78 is 1.99. The van der Waals surface area contributed by atoms with E-state index in [1.807, 2.05) is 42.8 Å². The molecule has 0 saturated carbocycles. The Balaban J connectivity index is 2.63. The Labute approximate surface area is 83.2 Å². The smallest absolute Gasteiger partial charge is 0.110 e. The Hall–Kier alpha value is -1.77. The summed E-state index contributed by atoms with van der Waals surface area (Å²) in [6.07, 6.45) is 3.69. The third-order valence-electron chi connectivity index (χ3n) is 2.39. The molecule has 0 fully saturated rings. The molecule has 1 aromatic carbocycles. The largest absolute Gasteiger partial charge is 0.397 e. The van der Waals surface area contributed by atoms with Gasteiger partial charge >= 0.3 is 0 Å². The van der Waals surface area contributed by atoms with Gasteiger partial charge in [-0.2, -0.15) is 0 Å². The van der Waals surface area contributed by atoms with Crippen LogP contribution in [0.2, 0.25) is 0 Å². The van der Waals surface area contributed by atoms with Crippen LogP contribution in [0.4, 0.5) is 5.69 Å². The van der Waals surface area contributed by atoms with Crippen LogP contribution in [0.3, 0.4) is 0 Å². The number of para-hydroxylation sites is 1. The number of nitrogens with zero attached hydrogens (tertiary/aromatic N) is 2. The van der Waals surface area contributed by atoms with Crippen LogP contribution in [-0.2, 0) is 0 Å². The molecule has 0 aliphatic heterocycles. The molecule has 1 heterocycles. The van der Waals surface area contributed by atoms with Crippen molar-refractivity contribution in [1.29, 1.82) is 0 Å². The van der Waals surface area contributed by atoms with Crippen LogP contribution in [0.25, 0.3) is 5.69 Å². The van der Waals surface area contributed by atoms with E-state index in [2.05, 4.69) is 4.98 Å². The van der Waals surface area contributed by atoms with Crippen LogP contribution >= 0.6 is 0 Å². The molecule has 2 rings (SSSR count). The van der Waals surface area contributed by atoms with Crippen molar-refractivity contribution in [3.63, 3.8) is 0 Å². The van der Waals surface area contributed by atoms with Gasteiger partial charge in [0.25, 0.3) is 0 Å². The second-order valence-corrected chi connectivity index (χ2v) is 3.35. The third-order valence-corrected chi connectivity index (χ3v) is 2.39. The van der Waals surface area contributed by atoms with Gasteiger partial charge in [-0.3, -0.25) is 0 Å². The van der Waals surface area contributed by atoms with Gasteiger partial charge in [0.15, 0.2) is 0 Å². The molecule has 2 N–H and O–H groups in total. The summed E-state index contributed by atoms with van der Waals surface area (Å²) in [5, 5.41) is 0. The predicted molar refractivity (Wildman–Crippen MR) is 57.5 cm³/mol. The SMILES string of the molecule is Cc1cccc(-n2ccnc2C)c1N. The van der Waals surface area contributed by atoms with Gasteiger partial charge in [-0.05, 0) is 25.5 Å². The molecule has 0 saturated heterocycles. The Morgan fingerprint density at radius 2 is 2.07 bits per heavy atom. The molecule has 72 valence electrons. The van der Waals surface area contributed by atoms with Crippen LogP contribution in [0.1, 0.15) is 11.4 Å². The number of aryl methyl sites for hydroxylation is 2. The molecule has 0 spiro atoms. The van der Waals surface area contributed by atoms with Crippen molar-refractivity contribution in [3.05, 3.63) is 42.0 Å². The van der Waals surface area contributed by atoms with E-state index in [9.17, 15) is 0 Å². The number of hydrogen-bond acceptors (Lipinski definition) is 2. The molecule has 2 aromatic rings. The van der Waals surface area contributed by atoms with E-state index in [1.165, 1.54) is 0 Å². The lowest BCUT2D eigenvalue weighted by molar-refractivity contribution is 0.975. The van der Waals surface area contributed by atoms with Gasteiger partial charge in [-0.1, -0.05) is 12.1 Å². The first-order valence-corrected chi connectivity index (χ1v) is 4.55. The van der Waals surface area contributed by atoms with E-state index in [4.69, 9.17) is 5.73 Å². The second kappa shape index (κ2) is 3.18. The number of rotatable bonds is 1. The minimum atomic E-state index is 0.814. The van der Waals surface area contributed by atoms with E-state index < -0.39 is 0 Å². The average Bonchev–Trinajstić information content (AvgIpc) is 2.57. The van der Waals surface area contributed by atoms with E-state index in [0.29, 0.717) is 0 Å². The summed E-state index contributed by atoms with van der Waals surface area (Å²) in [7, 11) is 0. The summed E-state index contributed by atoms with van der Waals surface area (Å²) in [6, 6.07) is 6.00. The van der Waals surface area contributed by atoms with Gasteiger partial charge in [-0.15, -0.1) is 0 Å². The van der Waals surface area contributed by atoms with Crippen LogP contribution in [-0.4, -0.2) is 9.55 Å². The first-order valence-electron chi connectivity index (χ1n) is 4.55. The highest BCUT2D eigenvalue weighted by molar-refractivity contribution is 5.62. The van der Waals surface area contributed by atoms with E-state index in [0.717, 1.165) is 22.8 Å². The van der Waals surface area contributed by atoms with Gasteiger partial charge in [-0.25, -0.2) is 4.98 Å². The van der Waals surface area contributed by atoms with Crippen LogP contribution in [0.5, 0.6) is 0 Å². The minimum absolute atomic E-state index is 0.814. The van der Waals surface area contributed by atoms with Gasteiger partial charge in [0.2, 0.25) is 0 Å². The highest BCUT2D eigenvalue weighted by Crippen LogP contribution is 2.21. The second-order valence-electron chi connectivity index (χ2n) is 3.35. The van der Waals surface area contributed by atoms with Crippen LogP contribution in [0.15, 0.2) is 30.6 Å². The zero-order valence-electron chi connectivity index (χ0n) is 8.36. The number of hydrogen-bond donors (Lipinski definition) is 1. The number of anilines is 1. The maximum Gasteiger partial charge on any atom is 0.110 e. The van der Waals surface area contributed by atoms with Crippen molar-refractivity contribution >= 4 is 5.69 Å². The molecule has 0 aliphatic carbocycles. The summed E-state index contributed by atoms with van der Waals surface area (Å²) in [6.45, 7) is 3.97. The van der Waals surface area contributed by atoms with E-state index in [-0.39, 0.29) is 0 Å². The molecule has 0 radical (unpaired) electrons. The fourth-order valence-corrected chi connectivity index (χ4v) is 1.51. The number of benzene rings is 1. The monoisotopic (exact) mass is 187 g/mol. The van der Waals surface area contributed by atoms with E-state index >= 15 is 0 Å².